The van der Waals surface area contributed by atoms with Crippen LogP contribution >= 0.6 is 0 Å². The molecular weight excluding hydrogens is 218 g/mol. The fraction of sp³-hybridized carbons (Fsp3) is 0.462. The lowest BCUT2D eigenvalue weighted by Gasteiger charge is -2.26. The van der Waals surface area contributed by atoms with Crippen molar-refractivity contribution in [3.8, 4) is 5.75 Å². The number of aryl methyl sites for hydroxylation is 2. The van der Waals surface area contributed by atoms with E-state index in [4.69, 9.17) is 10.5 Å². The van der Waals surface area contributed by atoms with Crippen molar-refractivity contribution < 1.29 is 14.6 Å². The molecule has 1 rings (SSSR count). The molecule has 0 saturated heterocycles. The van der Waals surface area contributed by atoms with Crippen LogP contribution in [-0.2, 0) is 10.3 Å². The summed E-state index contributed by atoms with van der Waals surface area (Å²) in [6, 6.07) is 3.73. The minimum Gasteiger partial charge on any atom is -0.496 e. The van der Waals surface area contributed by atoms with Gasteiger partial charge in [0.1, 0.15) is 11.3 Å². The van der Waals surface area contributed by atoms with E-state index in [2.05, 4.69) is 0 Å². The molecule has 0 radical (unpaired) electrons. The molecule has 1 unspecified atom stereocenters. The Bertz CT molecular complexity index is 443. The van der Waals surface area contributed by atoms with Crippen molar-refractivity contribution in [2.24, 2.45) is 5.73 Å². The molecule has 0 spiro atoms. The van der Waals surface area contributed by atoms with Gasteiger partial charge in [-0.05, 0) is 31.9 Å². The van der Waals surface area contributed by atoms with Crippen LogP contribution in [0.25, 0.3) is 0 Å². The molecule has 1 atom stereocenters. The van der Waals surface area contributed by atoms with Gasteiger partial charge in [0.25, 0.3) is 0 Å². The van der Waals surface area contributed by atoms with Gasteiger partial charge in [-0.3, -0.25) is 0 Å². The number of ether oxygens (including phenoxy) is 1. The summed E-state index contributed by atoms with van der Waals surface area (Å²) in [5.74, 6) is -0.481. The highest BCUT2D eigenvalue weighted by atomic mass is 16.5. The Morgan fingerprint density at radius 1 is 1.47 bits per heavy atom. The monoisotopic (exact) mass is 237 g/mol. The second-order valence-corrected chi connectivity index (χ2v) is 4.29. The highest BCUT2D eigenvalue weighted by molar-refractivity contribution is 5.82. The Morgan fingerprint density at radius 2 is 2.06 bits per heavy atom. The molecule has 0 bridgehead atoms. The maximum absolute atomic E-state index is 11.4. The van der Waals surface area contributed by atoms with Crippen LogP contribution in [0.15, 0.2) is 12.1 Å². The maximum atomic E-state index is 11.4. The molecule has 94 valence electrons. The summed E-state index contributed by atoms with van der Waals surface area (Å²) < 4.78 is 5.29. The van der Waals surface area contributed by atoms with E-state index < -0.39 is 11.5 Å². The lowest BCUT2D eigenvalue weighted by atomic mass is 9.85. The summed E-state index contributed by atoms with van der Waals surface area (Å²) in [5.41, 5.74) is 7.00. The molecule has 0 amide bonds. The fourth-order valence-electron chi connectivity index (χ4n) is 2.01. The van der Waals surface area contributed by atoms with Crippen molar-refractivity contribution in [3.63, 3.8) is 0 Å². The van der Waals surface area contributed by atoms with Crippen LogP contribution < -0.4 is 10.5 Å². The number of carboxylic acids is 1. The van der Waals surface area contributed by atoms with Gasteiger partial charge in [0.05, 0.1) is 7.11 Å². The van der Waals surface area contributed by atoms with Crippen LogP contribution in [-0.4, -0.2) is 18.2 Å². The first-order valence-corrected chi connectivity index (χ1v) is 5.54. The number of nitrogens with two attached hydrogens (primary N) is 1. The van der Waals surface area contributed by atoms with Crippen molar-refractivity contribution >= 4 is 5.97 Å². The topological polar surface area (TPSA) is 72.6 Å². The van der Waals surface area contributed by atoms with E-state index in [0.29, 0.717) is 17.7 Å². The molecule has 4 heteroatoms. The predicted molar refractivity (Wildman–Crippen MR) is 66.3 cm³/mol. The van der Waals surface area contributed by atoms with Crippen LogP contribution in [0.4, 0.5) is 0 Å². The molecule has 0 aromatic heterocycles. The molecule has 3 N–H and O–H groups in total. The van der Waals surface area contributed by atoms with Gasteiger partial charge in [0.2, 0.25) is 0 Å². The highest BCUT2D eigenvalue weighted by Crippen LogP contribution is 2.34. The number of methoxy groups -OCH3 is 1. The minimum absolute atomic E-state index is 0.307. The summed E-state index contributed by atoms with van der Waals surface area (Å²) in [6.07, 6.45) is 0.307. The van der Waals surface area contributed by atoms with Gasteiger partial charge in [0, 0.05) is 5.56 Å². The molecule has 1 aromatic carbocycles. The second kappa shape index (κ2) is 4.75. The predicted octanol–water partition coefficient (Wildman–Crippen LogP) is 1.96. The Hall–Kier alpha value is -1.55. The Kier molecular flexibility index (Phi) is 3.78. The van der Waals surface area contributed by atoms with Crippen molar-refractivity contribution in [2.75, 3.05) is 7.11 Å². The molecule has 0 aliphatic heterocycles. The third-order valence-electron chi connectivity index (χ3n) is 3.04. The number of hydrogen-bond acceptors (Lipinski definition) is 3. The zero-order valence-electron chi connectivity index (χ0n) is 10.7. The van der Waals surface area contributed by atoms with Gasteiger partial charge >= 0.3 is 5.97 Å². The lowest BCUT2D eigenvalue weighted by molar-refractivity contribution is -0.143. The van der Waals surface area contributed by atoms with Gasteiger partial charge in [-0.2, -0.15) is 0 Å². The lowest BCUT2D eigenvalue weighted by Crippen LogP contribution is -2.44. The molecule has 0 aliphatic carbocycles. The minimum atomic E-state index is -1.40. The van der Waals surface area contributed by atoms with Crippen LogP contribution in [0, 0.1) is 13.8 Å². The van der Waals surface area contributed by atoms with Crippen molar-refractivity contribution in [2.45, 2.75) is 32.7 Å². The van der Waals surface area contributed by atoms with E-state index in [1.54, 1.807) is 13.0 Å². The molecule has 0 saturated carbocycles. The summed E-state index contributed by atoms with van der Waals surface area (Å²) in [7, 11) is 1.53. The molecule has 1 aromatic rings. The van der Waals surface area contributed by atoms with E-state index in [1.807, 2.05) is 19.9 Å². The quantitative estimate of drug-likeness (QED) is 0.839. The van der Waals surface area contributed by atoms with Gasteiger partial charge in [-0.15, -0.1) is 0 Å². The number of carbonyl (C=O) groups is 1. The van der Waals surface area contributed by atoms with Gasteiger partial charge in [-0.1, -0.05) is 18.6 Å². The largest absolute Gasteiger partial charge is 0.496 e. The summed E-state index contributed by atoms with van der Waals surface area (Å²) >= 11 is 0. The third-order valence-corrected chi connectivity index (χ3v) is 3.04. The smallest absolute Gasteiger partial charge is 0.328 e. The van der Waals surface area contributed by atoms with Crippen molar-refractivity contribution in [1.29, 1.82) is 0 Å². The van der Waals surface area contributed by atoms with E-state index in [0.717, 1.165) is 11.1 Å². The molecule has 17 heavy (non-hydrogen) atoms. The molecular formula is C13H19NO3. The number of hydrogen-bond donors (Lipinski definition) is 2. The number of rotatable bonds is 4. The first kappa shape index (κ1) is 13.5. The third kappa shape index (κ3) is 2.26. The summed E-state index contributed by atoms with van der Waals surface area (Å²) in [5, 5.41) is 9.31. The van der Waals surface area contributed by atoms with Crippen LogP contribution in [0.1, 0.15) is 30.0 Å². The van der Waals surface area contributed by atoms with E-state index in [1.165, 1.54) is 7.11 Å². The van der Waals surface area contributed by atoms with Gasteiger partial charge < -0.3 is 15.6 Å². The number of aliphatic carboxylic acids is 1. The van der Waals surface area contributed by atoms with Crippen molar-refractivity contribution in [3.05, 3.63) is 28.8 Å². The second-order valence-electron chi connectivity index (χ2n) is 4.29. The Balaban J connectivity index is 3.53. The Labute approximate surface area is 101 Å². The fourth-order valence-corrected chi connectivity index (χ4v) is 2.01. The average Bonchev–Trinajstić information content (AvgIpc) is 2.26. The molecule has 4 nitrogen and oxygen atoms in total. The number of carboxylic acid groups (broad SMARTS) is 1. The first-order chi connectivity index (χ1) is 7.86. The Morgan fingerprint density at radius 3 is 2.47 bits per heavy atom. The summed E-state index contributed by atoms with van der Waals surface area (Å²) in [6.45, 7) is 5.55. The zero-order chi connectivity index (χ0) is 13.2. The average molecular weight is 237 g/mol. The SMILES string of the molecule is CCC(N)(C(=O)O)c1cc(C)cc(C)c1OC. The van der Waals surface area contributed by atoms with E-state index in [9.17, 15) is 9.90 Å². The van der Waals surface area contributed by atoms with E-state index >= 15 is 0 Å². The van der Waals surface area contributed by atoms with E-state index in [-0.39, 0.29) is 0 Å². The van der Waals surface area contributed by atoms with Gasteiger partial charge in [-0.25, -0.2) is 4.79 Å². The highest BCUT2D eigenvalue weighted by Gasteiger charge is 2.37. The van der Waals surface area contributed by atoms with Crippen LogP contribution in [0.5, 0.6) is 5.75 Å². The molecule has 0 aliphatic rings. The molecule has 0 fully saturated rings. The summed E-state index contributed by atoms with van der Waals surface area (Å²) in [4.78, 5) is 11.4. The molecule has 0 heterocycles. The van der Waals surface area contributed by atoms with Crippen LogP contribution in [0.2, 0.25) is 0 Å². The normalized spacial score (nSPS) is 14.2. The first-order valence-electron chi connectivity index (χ1n) is 5.54. The maximum Gasteiger partial charge on any atom is 0.328 e. The van der Waals surface area contributed by atoms with Crippen molar-refractivity contribution in [1.82, 2.24) is 0 Å². The standard InChI is InChI=1S/C13H19NO3/c1-5-13(14,12(15)16)10-7-8(2)6-9(3)11(10)17-4/h6-7H,5,14H2,1-4H3,(H,15,16). The van der Waals surface area contributed by atoms with Gasteiger partial charge in [0.15, 0.2) is 0 Å². The zero-order valence-corrected chi connectivity index (χ0v) is 10.7. The number of benzene rings is 1. The van der Waals surface area contributed by atoms with Crippen LogP contribution in [0.3, 0.4) is 0 Å².